The van der Waals surface area contributed by atoms with Gasteiger partial charge in [-0.25, -0.2) is 15.0 Å². The third kappa shape index (κ3) is 5.51. The van der Waals surface area contributed by atoms with Crippen LogP contribution < -0.4 is 4.74 Å². The average molecular weight is 448 g/mol. The molecule has 4 nitrogen and oxygen atoms in total. The summed E-state index contributed by atoms with van der Waals surface area (Å²) in [5.41, 5.74) is 0.877. The lowest BCUT2D eigenvalue weighted by Gasteiger charge is -2.14. The van der Waals surface area contributed by atoms with Gasteiger partial charge in [-0.05, 0) is 23.8 Å². The molecule has 128 valence electrons. The van der Waals surface area contributed by atoms with Crippen LogP contribution in [-0.4, -0.2) is 22.1 Å². The first-order valence-corrected chi connectivity index (χ1v) is 8.59. The van der Waals surface area contributed by atoms with E-state index in [2.05, 4.69) is 15.0 Å². The minimum absolute atomic E-state index is 0.141. The summed E-state index contributed by atoms with van der Waals surface area (Å²) in [6.45, 7) is 0. The monoisotopic (exact) mass is 445 g/mol. The molecule has 0 aliphatic heterocycles. The largest absolute Gasteiger partial charge is 0.497 e. The van der Waals surface area contributed by atoms with Gasteiger partial charge < -0.3 is 4.74 Å². The van der Waals surface area contributed by atoms with Gasteiger partial charge in [-0.1, -0.05) is 87.8 Å². The maximum Gasteiger partial charge on any atom is 0.250 e. The number of halogens is 6. The summed E-state index contributed by atoms with van der Waals surface area (Å²) in [5, 5.41) is 0. The number of nitrogens with zero attached hydrogens (tertiary/aromatic N) is 3. The van der Waals surface area contributed by atoms with Gasteiger partial charge in [0.05, 0.1) is 7.11 Å². The zero-order chi connectivity index (χ0) is 18.0. The van der Waals surface area contributed by atoms with Gasteiger partial charge in [0, 0.05) is 0 Å². The van der Waals surface area contributed by atoms with Crippen molar-refractivity contribution in [1.29, 1.82) is 0 Å². The Kier molecular flexibility index (Phi) is 6.46. The Morgan fingerprint density at radius 1 is 0.792 bits per heavy atom. The second-order valence-corrected chi connectivity index (χ2v) is 9.01. The first-order valence-electron chi connectivity index (χ1n) is 6.32. The van der Waals surface area contributed by atoms with Crippen LogP contribution in [0.1, 0.15) is 23.0 Å². The molecule has 0 aliphatic carbocycles. The molecule has 0 bridgehead atoms. The van der Waals surface area contributed by atoms with E-state index in [0.717, 1.165) is 11.3 Å². The van der Waals surface area contributed by atoms with Crippen LogP contribution in [0.3, 0.4) is 0 Å². The van der Waals surface area contributed by atoms with Crippen LogP contribution in [0.25, 0.3) is 12.2 Å². The summed E-state index contributed by atoms with van der Waals surface area (Å²) in [4.78, 5) is 12.0. The average Bonchev–Trinajstić information content (AvgIpc) is 2.51. The first-order chi connectivity index (χ1) is 11.1. The Labute approximate surface area is 168 Å². The summed E-state index contributed by atoms with van der Waals surface area (Å²) < 4.78 is 1.34. The number of ether oxygens (including phenoxy) is 1. The Balaban J connectivity index is 2.39. The highest BCUT2D eigenvalue weighted by Gasteiger charge is 2.33. The van der Waals surface area contributed by atoms with Crippen molar-refractivity contribution >= 4 is 81.8 Å². The van der Waals surface area contributed by atoms with Crippen LogP contribution in [0, 0.1) is 0 Å². The predicted molar refractivity (Wildman–Crippen MR) is 100 cm³/mol. The minimum Gasteiger partial charge on any atom is -0.497 e. The molecule has 0 saturated carbocycles. The van der Waals surface area contributed by atoms with Gasteiger partial charge >= 0.3 is 0 Å². The molecule has 0 atom stereocenters. The van der Waals surface area contributed by atoms with Gasteiger partial charge in [0.1, 0.15) is 5.75 Å². The zero-order valence-corrected chi connectivity index (χ0v) is 16.5. The number of hydrogen-bond donors (Lipinski definition) is 0. The molecule has 0 saturated heterocycles. The molecule has 0 fully saturated rings. The summed E-state index contributed by atoms with van der Waals surface area (Å²) in [6, 6.07) is 7.32. The van der Waals surface area contributed by atoms with Gasteiger partial charge in [0.15, 0.2) is 17.5 Å². The van der Waals surface area contributed by atoms with E-state index in [4.69, 9.17) is 74.3 Å². The van der Waals surface area contributed by atoms with Crippen LogP contribution in [0.15, 0.2) is 24.3 Å². The topological polar surface area (TPSA) is 47.9 Å². The van der Waals surface area contributed by atoms with Gasteiger partial charge in [-0.15, -0.1) is 0 Å². The highest BCUT2D eigenvalue weighted by Crippen LogP contribution is 2.39. The van der Waals surface area contributed by atoms with Crippen LogP contribution in [0.5, 0.6) is 5.75 Å². The second kappa shape index (κ2) is 7.81. The van der Waals surface area contributed by atoms with Crippen molar-refractivity contribution in [2.24, 2.45) is 0 Å². The molecule has 0 N–H and O–H groups in total. The summed E-state index contributed by atoms with van der Waals surface area (Å²) in [5.74, 6) is 0.643. The molecule has 1 heterocycles. The number of hydrogen-bond acceptors (Lipinski definition) is 4. The predicted octanol–water partition coefficient (Wildman–Crippen LogP) is 5.70. The van der Waals surface area contributed by atoms with E-state index >= 15 is 0 Å². The molecule has 1 aromatic carbocycles. The molecule has 2 rings (SSSR count). The molecule has 10 heteroatoms. The Morgan fingerprint density at radius 2 is 1.29 bits per heavy atom. The van der Waals surface area contributed by atoms with Crippen LogP contribution in [0.2, 0.25) is 0 Å². The molecule has 0 spiro atoms. The number of rotatable bonds is 3. The van der Waals surface area contributed by atoms with Crippen molar-refractivity contribution in [3.8, 4) is 5.75 Å². The van der Waals surface area contributed by atoms with Crippen molar-refractivity contribution in [1.82, 2.24) is 15.0 Å². The Hall–Kier alpha value is -0.490. The second-order valence-electron chi connectivity index (χ2n) is 4.44. The highest BCUT2D eigenvalue weighted by molar-refractivity contribution is 6.67. The van der Waals surface area contributed by atoms with Crippen molar-refractivity contribution in [3.05, 3.63) is 47.3 Å². The summed E-state index contributed by atoms with van der Waals surface area (Å²) in [6.07, 6.45) is 3.34. The normalized spacial score (nSPS) is 12.6. The van der Waals surface area contributed by atoms with Crippen LogP contribution in [-0.2, 0) is 7.59 Å². The standard InChI is InChI=1S/C14H9Cl6N3O/c1-24-9-5-2-8(3-6-9)4-7-10-21-11(13(15,16)17)23-12(22-10)14(18,19)20/h2-7H,1H3/b7-4-. The summed E-state index contributed by atoms with van der Waals surface area (Å²) in [7, 11) is 1.59. The van der Waals surface area contributed by atoms with Gasteiger partial charge in [-0.3, -0.25) is 0 Å². The van der Waals surface area contributed by atoms with E-state index in [-0.39, 0.29) is 17.5 Å². The number of methoxy groups -OCH3 is 1. The highest BCUT2D eigenvalue weighted by atomic mass is 35.6. The van der Waals surface area contributed by atoms with Gasteiger partial charge in [-0.2, -0.15) is 0 Å². The third-order valence-corrected chi connectivity index (χ3v) is 3.71. The van der Waals surface area contributed by atoms with Crippen LogP contribution in [0.4, 0.5) is 0 Å². The quantitative estimate of drug-likeness (QED) is 0.566. The van der Waals surface area contributed by atoms with Gasteiger partial charge in [0.2, 0.25) is 7.59 Å². The van der Waals surface area contributed by atoms with E-state index < -0.39 is 7.59 Å². The fourth-order valence-corrected chi connectivity index (χ4v) is 2.11. The molecule has 24 heavy (non-hydrogen) atoms. The van der Waals surface area contributed by atoms with E-state index in [1.54, 1.807) is 19.3 Å². The van der Waals surface area contributed by atoms with Crippen molar-refractivity contribution < 1.29 is 4.74 Å². The van der Waals surface area contributed by atoms with Gasteiger partial charge in [0.25, 0.3) is 0 Å². The Morgan fingerprint density at radius 3 is 1.71 bits per heavy atom. The lowest BCUT2D eigenvalue weighted by Crippen LogP contribution is -2.16. The fraction of sp³-hybridized carbons (Fsp3) is 0.214. The zero-order valence-electron chi connectivity index (χ0n) is 12.0. The van der Waals surface area contributed by atoms with E-state index in [9.17, 15) is 0 Å². The van der Waals surface area contributed by atoms with E-state index in [1.165, 1.54) is 0 Å². The maximum atomic E-state index is 5.81. The summed E-state index contributed by atoms with van der Waals surface area (Å²) >= 11 is 34.9. The van der Waals surface area contributed by atoms with Crippen molar-refractivity contribution in [2.45, 2.75) is 7.59 Å². The Bertz CT molecular complexity index is 705. The lowest BCUT2D eigenvalue weighted by molar-refractivity contribution is 0.415. The van der Waals surface area contributed by atoms with Crippen molar-refractivity contribution in [2.75, 3.05) is 7.11 Å². The van der Waals surface area contributed by atoms with E-state index in [0.29, 0.717) is 0 Å². The minimum atomic E-state index is -1.88. The maximum absolute atomic E-state index is 5.81. The number of alkyl halides is 6. The molecule has 0 radical (unpaired) electrons. The lowest BCUT2D eigenvalue weighted by atomic mass is 10.2. The molecule has 1 aromatic heterocycles. The molecule has 0 aliphatic rings. The molecular formula is C14H9Cl6N3O. The van der Waals surface area contributed by atoms with E-state index in [1.807, 2.05) is 24.3 Å². The van der Waals surface area contributed by atoms with Crippen LogP contribution >= 0.6 is 69.6 Å². The van der Waals surface area contributed by atoms with Crippen molar-refractivity contribution in [3.63, 3.8) is 0 Å². The molecular weight excluding hydrogens is 439 g/mol. The third-order valence-electron chi connectivity index (χ3n) is 2.70. The SMILES string of the molecule is COc1ccc(/C=C\c2nc(C(Cl)(Cl)Cl)nc(C(Cl)(Cl)Cl)n2)cc1. The number of aromatic nitrogens is 3. The fourth-order valence-electron chi connectivity index (χ4n) is 1.61. The molecule has 2 aromatic rings. The smallest absolute Gasteiger partial charge is 0.250 e. The number of benzene rings is 1. The molecule has 0 amide bonds. The first kappa shape index (κ1) is 19.8. The molecule has 0 unspecified atom stereocenters.